The molecule has 0 radical (unpaired) electrons. The lowest BCUT2D eigenvalue weighted by atomic mass is 9.79. The maximum absolute atomic E-state index is 12.7. The normalized spacial score (nSPS) is 19.4. The standard InChI is InChI=1S/C19H15N3O2S/c1-22-14-6-3-2-5-11(14)16(12(9-20)19(22)24)13-10-21-17(13)18(23)15-7-4-8-25-15/h2-8,13,17,21H,10H2,1H3. The lowest BCUT2D eigenvalue weighted by Crippen LogP contribution is -2.56. The first-order chi connectivity index (χ1) is 12.1. The molecule has 1 N–H and O–H groups in total. The van der Waals surface area contributed by atoms with Crippen LogP contribution in [0.2, 0.25) is 0 Å². The van der Waals surface area contributed by atoms with Crippen molar-refractivity contribution in [3.8, 4) is 6.07 Å². The molecule has 1 aliphatic rings. The molecule has 1 fully saturated rings. The van der Waals surface area contributed by atoms with Crippen molar-refractivity contribution < 1.29 is 4.79 Å². The number of nitrogens with one attached hydrogen (secondary N) is 1. The monoisotopic (exact) mass is 349 g/mol. The molecule has 4 rings (SSSR count). The smallest absolute Gasteiger partial charge is 0.268 e. The predicted molar refractivity (Wildman–Crippen MR) is 97.1 cm³/mol. The largest absolute Gasteiger partial charge is 0.310 e. The maximum Gasteiger partial charge on any atom is 0.268 e. The average Bonchev–Trinajstić information content (AvgIpc) is 3.13. The highest BCUT2D eigenvalue weighted by Gasteiger charge is 2.40. The molecule has 2 aromatic heterocycles. The van der Waals surface area contributed by atoms with Crippen LogP contribution in [0.4, 0.5) is 0 Å². The van der Waals surface area contributed by atoms with E-state index in [2.05, 4.69) is 11.4 Å². The van der Waals surface area contributed by atoms with Gasteiger partial charge in [-0.2, -0.15) is 5.26 Å². The van der Waals surface area contributed by atoms with Crippen LogP contribution < -0.4 is 10.9 Å². The molecule has 1 saturated heterocycles. The number of rotatable bonds is 3. The van der Waals surface area contributed by atoms with Crippen LogP contribution >= 0.6 is 11.3 Å². The third-order valence-corrected chi connectivity index (χ3v) is 5.72. The van der Waals surface area contributed by atoms with Crippen molar-refractivity contribution in [3.05, 3.63) is 68.1 Å². The van der Waals surface area contributed by atoms with Gasteiger partial charge in [-0.25, -0.2) is 0 Å². The Kier molecular flexibility index (Phi) is 3.75. The van der Waals surface area contributed by atoms with Gasteiger partial charge in [0, 0.05) is 24.9 Å². The summed E-state index contributed by atoms with van der Waals surface area (Å²) in [5.74, 6) is -0.164. The molecule has 25 heavy (non-hydrogen) atoms. The first-order valence-corrected chi connectivity index (χ1v) is 8.84. The van der Waals surface area contributed by atoms with Crippen LogP contribution in [0.3, 0.4) is 0 Å². The summed E-state index contributed by atoms with van der Waals surface area (Å²) < 4.78 is 1.50. The number of Topliss-reactive ketones (excluding diaryl/α,β-unsaturated/α-hetero) is 1. The number of pyridine rings is 1. The number of nitriles is 1. The second-order valence-electron chi connectivity index (χ2n) is 6.12. The van der Waals surface area contributed by atoms with Crippen LogP contribution in [0.25, 0.3) is 10.9 Å². The molecular formula is C19H15N3O2S. The zero-order chi connectivity index (χ0) is 17.6. The van der Waals surface area contributed by atoms with E-state index in [4.69, 9.17) is 0 Å². The van der Waals surface area contributed by atoms with Gasteiger partial charge in [-0.15, -0.1) is 11.3 Å². The number of nitrogens with zero attached hydrogens (tertiary/aromatic N) is 2. The number of thiophene rings is 1. The summed E-state index contributed by atoms with van der Waals surface area (Å²) in [6.45, 7) is 0.577. The molecule has 0 aliphatic carbocycles. The van der Waals surface area contributed by atoms with Crippen molar-refractivity contribution in [2.45, 2.75) is 12.0 Å². The van der Waals surface area contributed by atoms with E-state index in [-0.39, 0.29) is 22.8 Å². The molecule has 6 heteroatoms. The summed E-state index contributed by atoms with van der Waals surface area (Å²) in [5, 5.41) is 15.5. The summed E-state index contributed by atoms with van der Waals surface area (Å²) in [4.78, 5) is 26.1. The van der Waals surface area contributed by atoms with Gasteiger partial charge in [-0.1, -0.05) is 24.3 Å². The number of carbonyl (C=O) groups excluding carboxylic acids is 1. The van der Waals surface area contributed by atoms with Gasteiger partial charge < -0.3 is 9.88 Å². The van der Waals surface area contributed by atoms with Crippen LogP contribution in [0.5, 0.6) is 0 Å². The van der Waals surface area contributed by atoms with E-state index in [0.717, 1.165) is 10.9 Å². The molecule has 124 valence electrons. The number of fused-ring (bicyclic) bond motifs is 1. The molecule has 1 aliphatic heterocycles. The topological polar surface area (TPSA) is 74.9 Å². The van der Waals surface area contributed by atoms with E-state index >= 15 is 0 Å². The molecule has 0 bridgehead atoms. The minimum Gasteiger partial charge on any atom is -0.310 e. The summed E-state index contributed by atoms with van der Waals surface area (Å²) in [5.41, 5.74) is 1.28. The van der Waals surface area contributed by atoms with Gasteiger partial charge in [0.05, 0.1) is 16.4 Å². The minimum absolute atomic E-state index is 0.0138. The van der Waals surface area contributed by atoms with E-state index in [9.17, 15) is 14.9 Å². The Morgan fingerprint density at radius 1 is 1.32 bits per heavy atom. The molecule has 0 saturated carbocycles. The van der Waals surface area contributed by atoms with Gasteiger partial charge in [0.25, 0.3) is 5.56 Å². The summed E-state index contributed by atoms with van der Waals surface area (Å²) in [7, 11) is 1.67. The van der Waals surface area contributed by atoms with E-state index < -0.39 is 6.04 Å². The van der Waals surface area contributed by atoms with Gasteiger partial charge in [-0.05, 0) is 23.1 Å². The van der Waals surface area contributed by atoms with Gasteiger partial charge in [0.15, 0.2) is 5.78 Å². The predicted octanol–water partition coefficient (Wildman–Crippen LogP) is 2.41. The highest BCUT2D eigenvalue weighted by atomic mass is 32.1. The van der Waals surface area contributed by atoms with Gasteiger partial charge in [0.1, 0.15) is 11.6 Å². The van der Waals surface area contributed by atoms with Crippen molar-refractivity contribution in [3.63, 3.8) is 0 Å². The van der Waals surface area contributed by atoms with Crippen LogP contribution in [0.15, 0.2) is 46.6 Å². The van der Waals surface area contributed by atoms with Crippen LogP contribution in [-0.4, -0.2) is 22.9 Å². The first kappa shape index (κ1) is 15.8. The van der Waals surface area contributed by atoms with E-state index in [1.54, 1.807) is 13.1 Å². The number of ketones is 1. The second-order valence-corrected chi connectivity index (χ2v) is 7.06. The summed E-state index contributed by atoms with van der Waals surface area (Å²) in [6, 6.07) is 12.9. The average molecular weight is 349 g/mol. The number of carbonyl (C=O) groups is 1. The van der Waals surface area contributed by atoms with Crippen molar-refractivity contribution in [1.82, 2.24) is 9.88 Å². The number of hydrogen-bond donors (Lipinski definition) is 1. The fourth-order valence-electron chi connectivity index (χ4n) is 3.48. The van der Waals surface area contributed by atoms with Gasteiger partial charge in [0.2, 0.25) is 0 Å². The van der Waals surface area contributed by atoms with Gasteiger partial charge >= 0.3 is 0 Å². The Morgan fingerprint density at radius 2 is 2.12 bits per heavy atom. The van der Waals surface area contributed by atoms with E-state index in [1.807, 2.05) is 35.7 Å². The molecule has 3 aromatic rings. The maximum atomic E-state index is 12.7. The molecule has 1 aromatic carbocycles. The van der Waals surface area contributed by atoms with Crippen molar-refractivity contribution in [1.29, 1.82) is 5.26 Å². The molecular weight excluding hydrogens is 334 g/mol. The highest BCUT2D eigenvalue weighted by molar-refractivity contribution is 7.12. The third kappa shape index (κ3) is 2.32. The van der Waals surface area contributed by atoms with Crippen molar-refractivity contribution in [2.24, 2.45) is 7.05 Å². The van der Waals surface area contributed by atoms with Crippen LogP contribution in [-0.2, 0) is 7.05 Å². The van der Waals surface area contributed by atoms with Crippen molar-refractivity contribution in [2.75, 3.05) is 6.54 Å². The Bertz CT molecular complexity index is 1080. The lowest BCUT2D eigenvalue weighted by Gasteiger charge is -2.38. The van der Waals surface area contributed by atoms with Gasteiger partial charge in [-0.3, -0.25) is 9.59 Å². The molecule has 0 spiro atoms. The summed E-state index contributed by atoms with van der Waals surface area (Å²) >= 11 is 1.40. The highest BCUT2D eigenvalue weighted by Crippen LogP contribution is 2.35. The Balaban J connectivity index is 1.90. The SMILES string of the molecule is Cn1c(=O)c(C#N)c(C2CNC2C(=O)c2cccs2)c2ccccc21. The Labute approximate surface area is 148 Å². The number of aryl methyl sites for hydroxylation is 1. The number of hydrogen-bond acceptors (Lipinski definition) is 5. The Hall–Kier alpha value is -2.75. The molecule has 3 heterocycles. The van der Waals surface area contributed by atoms with Crippen LogP contribution in [0, 0.1) is 11.3 Å². The van der Waals surface area contributed by atoms with E-state index in [0.29, 0.717) is 17.0 Å². The number of aromatic nitrogens is 1. The Morgan fingerprint density at radius 3 is 2.76 bits per heavy atom. The number of para-hydroxylation sites is 1. The zero-order valence-corrected chi connectivity index (χ0v) is 14.3. The fourth-order valence-corrected chi connectivity index (χ4v) is 4.19. The second kappa shape index (κ2) is 5.96. The summed E-state index contributed by atoms with van der Waals surface area (Å²) in [6.07, 6.45) is 0. The quantitative estimate of drug-likeness (QED) is 0.737. The minimum atomic E-state index is -0.402. The molecule has 0 amide bonds. The molecule has 2 unspecified atom stereocenters. The molecule has 5 nitrogen and oxygen atoms in total. The third-order valence-electron chi connectivity index (χ3n) is 4.83. The number of benzene rings is 1. The lowest BCUT2D eigenvalue weighted by molar-refractivity contribution is 0.0885. The first-order valence-electron chi connectivity index (χ1n) is 7.96. The van der Waals surface area contributed by atoms with Crippen molar-refractivity contribution >= 4 is 28.0 Å². The van der Waals surface area contributed by atoms with E-state index in [1.165, 1.54) is 15.9 Å². The zero-order valence-electron chi connectivity index (χ0n) is 13.5. The molecule has 2 atom stereocenters. The van der Waals surface area contributed by atoms with Crippen LogP contribution in [0.1, 0.15) is 26.7 Å². The fraction of sp³-hybridized carbons (Fsp3) is 0.211.